The fourth-order valence-corrected chi connectivity index (χ4v) is 3.72. The molecule has 4 rings (SSSR count). The number of alkyl halides is 3. The topological polar surface area (TPSA) is 148 Å². The maximum Gasteiger partial charge on any atom is 0.418 e. The van der Waals surface area contributed by atoms with Crippen molar-refractivity contribution in [2.45, 2.75) is 18.6 Å². The number of halogens is 3. The number of nitrogens with two attached hydrogens (primary N) is 1. The Labute approximate surface area is 184 Å². The zero-order valence-corrected chi connectivity index (χ0v) is 17.1. The first-order valence-electron chi connectivity index (χ1n) is 9.62. The number of pyridine rings is 1. The van der Waals surface area contributed by atoms with Crippen LogP contribution in [0.1, 0.15) is 22.3 Å². The van der Waals surface area contributed by atoms with E-state index in [0.717, 1.165) is 16.9 Å². The molecule has 174 valence electrons. The molecule has 4 heterocycles. The number of hydrogen-bond acceptors (Lipinski definition) is 7. The van der Waals surface area contributed by atoms with Gasteiger partial charge in [-0.15, -0.1) is 0 Å². The number of carbonyl (C=O) groups is 2. The van der Waals surface area contributed by atoms with E-state index in [0.29, 0.717) is 6.42 Å². The van der Waals surface area contributed by atoms with Crippen LogP contribution in [0.2, 0.25) is 0 Å². The number of carbonyl (C=O) groups excluding carboxylic acids is 1. The van der Waals surface area contributed by atoms with Crippen LogP contribution in [0.4, 0.5) is 23.8 Å². The van der Waals surface area contributed by atoms with Gasteiger partial charge in [0.1, 0.15) is 17.4 Å². The summed E-state index contributed by atoms with van der Waals surface area (Å²) in [4.78, 5) is 32.9. The van der Waals surface area contributed by atoms with Crippen molar-refractivity contribution in [3.63, 3.8) is 0 Å². The Hall–Kier alpha value is -4.10. The summed E-state index contributed by atoms with van der Waals surface area (Å²) in [5.74, 6) is -1.01. The van der Waals surface area contributed by atoms with E-state index in [-0.39, 0.29) is 41.6 Å². The van der Waals surface area contributed by atoms with E-state index in [4.69, 9.17) is 15.6 Å². The third-order valence-electron chi connectivity index (χ3n) is 5.27. The summed E-state index contributed by atoms with van der Waals surface area (Å²) >= 11 is 0. The number of nitrogens with zero attached hydrogens (tertiary/aromatic N) is 5. The lowest BCUT2D eigenvalue weighted by Gasteiger charge is -2.15. The fourth-order valence-electron chi connectivity index (χ4n) is 3.72. The van der Waals surface area contributed by atoms with Crippen LogP contribution >= 0.6 is 0 Å². The van der Waals surface area contributed by atoms with Crippen LogP contribution in [-0.2, 0) is 6.18 Å². The van der Waals surface area contributed by atoms with E-state index in [2.05, 4.69) is 20.4 Å². The molecule has 2 amide bonds. The van der Waals surface area contributed by atoms with Gasteiger partial charge in [0.2, 0.25) is 5.88 Å². The smallest absolute Gasteiger partial charge is 0.418 e. The number of rotatable bonds is 4. The minimum absolute atomic E-state index is 0.00598. The van der Waals surface area contributed by atoms with Crippen molar-refractivity contribution in [3.05, 3.63) is 35.8 Å². The number of amides is 2. The number of ether oxygens (including phenoxy) is 1. The van der Waals surface area contributed by atoms with Gasteiger partial charge in [0.15, 0.2) is 5.82 Å². The Bertz CT molecular complexity index is 1240. The number of likely N-dealkylation sites (tertiary alicyclic amines) is 1. The first-order chi connectivity index (χ1) is 15.6. The molecule has 0 aromatic carbocycles. The molecule has 3 aromatic heterocycles. The van der Waals surface area contributed by atoms with Gasteiger partial charge < -0.3 is 25.8 Å². The number of hydrogen-bond donors (Lipinski definition) is 3. The molecule has 0 bridgehead atoms. The predicted octanol–water partition coefficient (Wildman–Crippen LogP) is 1.88. The molecule has 11 nitrogen and oxygen atoms in total. The van der Waals surface area contributed by atoms with Crippen LogP contribution in [0.3, 0.4) is 0 Å². The Morgan fingerprint density at radius 2 is 2.06 bits per heavy atom. The molecule has 1 aliphatic heterocycles. The molecule has 0 unspecified atom stereocenters. The molecule has 3 aromatic rings. The SMILES string of the molecule is COc1ncc(-c2cc(C(F)(F)F)c3c(N)ncnn23)cc1C(=O)N[C@H]1CCN(C(=O)O)C1. The minimum Gasteiger partial charge on any atom is -0.480 e. The first kappa shape index (κ1) is 22.1. The van der Waals surface area contributed by atoms with Crippen molar-refractivity contribution in [2.24, 2.45) is 0 Å². The second kappa shape index (κ2) is 8.11. The predicted molar refractivity (Wildman–Crippen MR) is 108 cm³/mol. The Kier molecular flexibility index (Phi) is 5.43. The number of nitrogens with one attached hydrogen (secondary N) is 1. The van der Waals surface area contributed by atoms with E-state index < -0.39 is 35.3 Å². The van der Waals surface area contributed by atoms with Crippen molar-refractivity contribution in [1.82, 2.24) is 29.8 Å². The average Bonchev–Trinajstić information content (AvgIpc) is 3.39. The lowest BCUT2D eigenvalue weighted by atomic mass is 10.1. The monoisotopic (exact) mass is 465 g/mol. The normalized spacial score (nSPS) is 16.2. The Morgan fingerprint density at radius 1 is 1.30 bits per heavy atom. The van der Waals surface area contributed by atoms with Crippen molar-refractivity contribution in [3.8, 4) is 17.1 Å². The van der Waals surface area contributed by atoms with Gasteiger partial charge in [-0.2, -0.15) is 18.3 Å². The lowest BCUT2D eigenvalue weighted by molar-refractivity contribution is -0.136. The Morgan fingerprint density at radius 3 is 2.70 bits per heavy atom. The van der Waals surface area contributed by atoms with E-state index in [1.807, 2.05) is 0 Å². The molecule has 0 spiro atoms. The van der Waals surface area contributed by atoms with Crippen molar-refractivity contribution < 1.29 is 32.6 Å². The summed E-state index contributed by atoms with van der Waals surface area (Å²) in [5.41, 5.74) is 4.35. The molecule has 1 aliphatic rings. The molecular weight excluding hydrogens is 447 g/mol. The minimum atomic E-state index is -4.72. The lowest BCUT2D eigenvalue weighted by Crippen LogP contribution is -2.38. The number of fused-ring (bicyclic) bond motifs is 1. The summed E-state index contributed by atoms with van der Waals surface area (Å²) < 4.78 is 46.9. The number of methoxy groups -OCH3 is 1. The van der Waals surface area contributed by atoms with Gasteiger partial charge in [0.25, 0.3) is 5.91 Å². The summed E-state index contributed by atoms with van der Waals surface area (Å²) in [6, 6.07) is 1.75. The van der Waals surface area contributed by atoms with Gasteiger partial charge in [0, 0.05) is 30.9 Å². The molecule has 4 N–H and O–H groups in total. The number of nitrogen functional groups attached to an aromatic ring is 1. The highest BCUT2D eigenvalue weighted by atomic mass is 19.4. The van der Waals surface area contributed by atoms with E-state index in [1.54, 1.807) is 0 Å². The number of aromatic nitrogens is 4. The standard InChI is InChI=1S/C19H18F3N7O4/c1-33-17-11(16(30)27-10-2-3-28(7-10)18(31)32)4-9(6-24-17)13-5-12(19(20,21)22)14-15(23)25-8-26-29(13)14/h4-6,8,10H,2-3,7H2,1H3,(H,27,30)(H,31,32)(H2,23,25,26)/t10-/m0/s1. The van der Waals surface area contributed by atoms with E-state index >= 15 is 0 Å². The number of anilines is 1. The van der Waals surface area contributed by atoms with Crippen LogP contribution < -0.4 is 15.8 Å². The molecule has 1 atom stereocenters. The highest BCUT2D eigenvalue weighted by molar-refractivity contribution is 5.98. The van der Waals surface area contributed by atoms with Gasteiger partial charge in [-0.3, -0.25) is 4.79 Å². The molecule has 33 heavy (non-hydrogen) atoms. The highest BCUT2D eigenvalue weighted by Crippen LogP contribution is 2.39. The Balaban J connectivity index is 1.73. The first-order valence-corrected chi connectivity index (χ1v) is 9.62. The molecule has 1 saturated heterocycles. The van der Waals surface area contributed by atoms with Crippen LogP contribution in [0.15, 0.2) is 24.7 Å². The second-order valence-corrected chi connectivity index (χ2v) is 7.32. The third-order valence-corrected chi connectivity index (χ3v) is 5.27. The molecule has 0 aliphatic carbocycles. The van der Waals surface area contributed by atoms with E-state index in [9.17, 15) is 22.8 Å². The molecule has 0 radical (unpaired) electrons. The molecule has 0 saturated carbocycles. The number of carboxylic acid groups (broad SMARTS) is 1. The van der Waals surface area contributed by atoms with Gasteiger partial charge in [0.05, 0.1) is 18.4 Å². The summed E-state index contributed by atoms with van der Waals surface area (Å²) in [7, 11) is 1.29. The zero-order valence-electron chi connectivity index (χ0n) is 17.1. The van der Waals surface area contributed by atoms with Crippen LogP contribution in [0.25, 0.3) is 16.8 Å². The highest BCUT2D eigenvalue weighted by Gasteiger charge is 2.37. The third kappa shape index (κ3) is 4.06. The van der Waals surface area contributed by atoms with Gasteiger partial charge >= 0.3 is 12.3 Å². The van der Waals surface area contributed by atoms with Crippen molar-refractivity contribution in [2.75, 3.05) is 25.9 Å². The summed E-state index contributed by atoms with van der Waals surface area (Å²) in [5, 5.41) is 15.7. The van der Waals surface area contributed by atoms with Gasteiger partial charge in [-0.25, -0.2) is 19.3 Å². The largest absolute Gasteiger partial charge is 0.480 e. The quantitative estimate of drug-likeness (QED) is 0.529. The van der Waals surface area contributed by atoms with Gasteiger partial charge in [-0.1, -0.05) is 0 Å². The van der Waals surface area contributed by atoms with Crippen LogP contribution in [0, 0.1) is 0 Å². The van der Waals surface area contributed by atoms with Crippen molar-refractivity contribution in [1.29, 1.82) is 0 Å². The van der Waals surface area contributed by atoms with Crippen molar-refractivity contribution >= 4 is 23.3 Å². The maximum absolute atomic E-state index is 13.6. The molecule has 14 heteroatoms. The zero-order chi connectivity index (χ0) is 23.9. The summed E-state index contributed by atoms with van der Waals surface area (Å²) in [6.07, 6.45) is -3.12. The van der Waals surface area contributed by atoms with Crippen LogP contribution in [0.5, 0.6) is 5.88 Å². The molecule has 1 fully saturated rings. The van der Waals surface area contributed by atoms with E-state index in [1.165, 1.54) is 24.3 Å². The van der Waals surface area contributed by atoms with Crippen LogP contribution in [-0.4, -0.2) is 67.8 Å². The molecular formula is C19H18F3N7O4. The second-order valence-electron chi connectivity index (χ2n) is 7.32. The van der Waals surface area contributed by atoms with Gasteiger partial charge in [-0.05, 0) is 18.6 Å². The average molecular weight is 465 g/mol. The maximum atomic E-state index is 13.6. The summed E-state index contributed by atoms with van der Waals surface area (Å²) in [6.45, 7) is 0.387. The fraction of sp³-hybridized carbons (Fsp3) is 0.316.